The molecular weight excluding hydrogens is 284 g/mol. The number of fused-ring (bicyclic) bond motifs is 1. The van der Waals surface area contributed by atoms with Crippen LogP contribution < -0.4 is 5.32 Å². The summed E-state index contributed by atoms with van der Waals surface area (Å²) in [6.45, 7) is 1.56. The van der Waals surface area contributed by atoms with Crippen LogP contribution in [0.3, 0.4) is 0 Å². The molecule has 0 aliphatic heterocycles. The number of benzene rings is 2. The molecule has 1 heterocycles. The summed E-state index contributed by atoms with van der Waals surface area (Å²) in [5, 5.41) is 4.97. The second kappa shape index (κ2) is 5.54. The molecule has 0 fully saturated rings. The fraction of sp³-hybridized carbons (Fsp3) is 0.0588. The fourth-order valence-corrected chi connectivity index (χ4v) is 2.37. The van der Waals surface area contributed by atoms with E-state index in [9.17, 15) is 4.79 Å². The maximum Gasteiger partial charge on any atom is 0.159 e. The third-order valence-electron chi connectivity index (χ3n) is 3.25. The van der Waals surface area contributed by atoms with E-state index in [4.69, 9.17) is 11.6 Å². The van der Waals surface area contributed by atoms with Gasteiger partial charge in [-0.2, -0.15) is 0 Å². The Kier molecular flexibility index (Phi) is 3.59. The van der Waals surface area contributed by atoms with Crippen molar-refractivity contribution in [2.24, 2.45) is 0 Å². The summed E-state index contributed by atoms with van der Waals surface area (Å²) in [7, 11) is 0. The minimum absolute atomic E-state index is 0.0463. The molecule has 3 nitrogen and oxygen atoms in total. The van der Waals surface area contributed by atoms with Crippen LogP contribution in [-0.2, 0) is 0 Å². The zero-order valence-electron chi connectivity index (χ0n) is 11.4. The predicted molar refractivity (Wildman–Crippen MR) is 86.5 cm³/mol. The first-order valence-corrected chi connectivity index (χ1v) is 6.93. The van der Waals surface area contributed by atoms with Gasteiger partial charge in [-0.3, -0.25) is 9.78 Å². The lowest BCUT2D eigenvalue weighted by Crippen LogP contribution is -1.96. The van der Waals surface area contributed by atoms with Crippen LogP contribution in [0.25, 0.3) is 10.9 Å². The summed E-state index contributed by atoms with van der Waals surface area (Å²) >= 11 is 5.99. The van der Waals surface area contributed by atoms with Crippen molar-refractivity contribution in [3.8, 4) is 0 Å². The van der Waals surface area contributed by atoms with E-state index in [-0.39, 0.29) is 5.78 Å². The Morgan fingerprint density at radius 2 is 2.00 bits per heavy atom. The van der Waals surface area contributed by atoms with E-state index in [1.807, 2.05) is 42.5 Å². The molecule has 0 radical (unpaired) electrons. The Hall–Kier alpha value is -2.39. The highest BCUT2D eigenvalue weighted by molar-refractivity contribution is 6.31. The molecule has 1 N–H and O–H groups in total. The molecule has 104 valence electrons. The SMILES string of the molecule is CC(=O)c1cccc(Nc2ccnc3cc(Cl)ccc23)c1. The second-order valence-electron chi connectivity index (χ2n) is 4.78. The first-order valence-electron chi connectivity index (χ1n) is 6.56. The van der Waals surface area contributed by atoms with E-state index in [1.165, 1.54) is 0 Å². The van der Waals surface area contributed by atoms with E-state index < -0.39 is 0 Å². The first-order chi connectivity index (χ1) is 10.1. The molecule has 3 aromatic rings. The molecule has 0 atom stereocenters. The largest absolute Gasteiger partial charge is 0.355 e. The molecule has 1 aromatic heterocycles. The number of halogens is 1. The molecule has 0 spiro atoms. The highest BCUT2D eigenvalue weighted by Gasteiger charge is 2.05. The van der Waals surface area contributed by atoms with Crippen molar-refractivity contribution >= 4 is 39.7 Å². The molecule has 0 saturated carbocycles. The Balaban J connectivity index is 2.02. The van der Waals surface area contributed by atoms with Crippen molar-refractivity contribution in [1.82, 2.24) is 4.98 Å². The van der Waals surface area contributed by atoms with Crippen molar-refractivity contribution in [3.05, 3.63) is 65.3 Å². The molecule has 2 aromatic carbocycles. The molecule has 0 unspecified atom stereocenters. The van der Waals surface area contributed by atoms with Crippen molar-refractivity contribution in [2.45, 2.75) is 6.92 Å². The standard InChI is InChI=1S/C17H13ClN2O/c1-11(21)12-3-2-4-14(9-12)20-16-7-8-19-17-10-13(18)5-6-15(16)17/h2-10H,1H3,(H,19,20). The quantitative estimate of drug-likeness (QED) is 0.704. The van der Waals surface area contributed by atoms with Gasteiger partial charge in [0.05, 0.1) is 5.52 Å². The van der Waals surface area contributed by atoms with Gasteiger partial charge >= 0.3 is 0 Å². The van der Waals surface area contributed by atoms with E-state index >= 15 is 0 Å². The third kappa shape index (κ3) is 2.88. The predicted octanol–water partition coefficient (Wildman–Crippen LogP) is 4.83. The zero-order chi connectivity index (χ0) is 14.8. The van der Waals surface area contributed by atoms with Gasteiger partial charge in [-0.25, -0.2) is 0 Å². The number of aromatic nitrogens is 1. The highest BCUT2D eigenvalue weighted by Crippen LogP contribution is 2.27. The third-order valence-corrected chi connectivity index (χ3v) is 3.49. The van der Waals surface area contributed by atoms with Crippen LogP contribution in [0.4, 0.5) is 11.4 Å². The van der Waals surface area contributed by atoms with E-state index in [1.54, 1.807) is 19.2 Å². The molecule has 4 heteroatoms. The summed E-state index contributed by atoms with van der Waals surface area (Å²) in [6, 6.07) is 14.9. The number of pyridine rings is 1. The summed E-state index contributed by atoms with van der Waals surface area (Å²) in [4.78, 5) is 15.8. The number of hydrogen-bond acceptors (Lipinski definition) is 3. The van der Waals surface area contributed by atoms with Gasteiger partial charge in [0.15, 0.2) is 5.78 Å². The lowest BCUT2D eigenvalue weighted by molar-refractivity contribution is 0.101. The van der Waals surface area contributed by atoms with E-state index in [0.29, 0.717) is 10.6 Å². The Bertz CT molecular complexity index is 830. The van der Waals surface area contributed by atoms with Gasteiger partial charge in [-0.1, -0.05) is 23.7 Å². The van der Waals surface area contributed by atoms with Crippen LogP contribution in [0.15, 0.2) is 54.7 Å². The maximum absolute atomic E-state index is 11.4. The van der Waals surface area contributed by atoms with Gasteiger partial charge in [0, 0.05) is 33.5 Å². The van der Waals surface area contributed by atoms with Gasteiger partial charge in [0.2, 0.25) is 0 Å². The monoisotopic (exact) mass is 296 g/mol. The smallest absolute Gasteiger partial charge is 0.159 e. The first kappa shape index (κ1) is 13.6. The van der Waals surface area contributed by atoms with E-state index in [2.05, 4.69) is 10.3 Å². The number of nitrogens with one attached hydrogen (secondary N) is 1. The normalized spacial score (nSPS) is 10.6. The molecule has 0 bridgehead atoms. The minimum atomic E-state index is 0.0463. The van der Waals surface area contributed by atoms with Gasteiger partial charge in [-0.15, -0.1) is 0 Å². The number of anilines is 2. The average Bonchev–Trinajstić information content (AvgIpc) is 2.47. The van der Waals surface area contributed by atoms with Crippen LogP contribution >= 0.6 is 11.6 Å². The van der Waals surface area contributed by atoms with Crippen molar-refractivity contribution in [3.63, 3.8) is 0 Å². The fourth-order valence-electron chi connectivity index (χ4n) is 2.20. The topological polar surface area (TPSA) is 42.0 Å². The van der Waals surface area contributed by atoms with Gasteiger partial charge in [0.25, 0.3) is 0 Å². The Morgan fingerprint density at radius 3 is 2.81 bits per heavy atom. The lowest BCUT2D eigenvalue weighted by atomic mass is 10.1. The zero-order valence-corrected chi connectivity index (χ0v) is 12.2. The van der Waals surface area contributed by atoms with Crippen LogP contribution in [0.1, 0.15) is 17.3 Å². The van der Waals surface area contributed by atoms with Crippen molar-refractivity contribution < 1.29 is 4.79 Å². The van der Waals surface area contributed by atoms with Gasteiger partial charge in [-0.05, 0) is 43.3 Å². The molecule has 0 amide bonds. The average molecular weight is 297 g/mol. The number of nitrogens with zero attached hydrogens (tertiary/aromatic N) is 1. The van der Waals surface area contributed by atoms with Crippen LogP contribution in [0.2, 0.25) is 5.02 Å². The highest BCUT2D eigenvalue weighted by atomic mass is 35.5. The molecule has 3 rings (SSSR count). The summed E-state index contributed by atoms with van der Waals surface area (Å²) in [5.41, 5.74) is 3.30. The molecule has 0 aliphatic carbocycles. The van der Waals surface area contributed by atoms with Crippen LogP contribution in [0.5, 0.6) is 0 Å². The molecule has 21 heavy (non-hydrogen) atoms. The Morgan fingerprint density at radius 1 is 1.14 bits per heavy atom. The lowest BCUT2D eigenvalue weighted by Gasteiger charge is -2.10. The number of carbonyl (C=O) groups excluding carboxylic acids is 1. The number of rotatable bonds is 3. The van der Waals surface area contributed by atoms with Gasteiger partial charge in [0.1, 0.15) is 0 Å². The number of hydrogen-bond donors (Lipinski definition) is 1. The van der Waals surface area contributed by atoms with Crippen molar-refractivity contribution in [2.75, 3.05) is 5.32 Å². The number of Topliss-reactive ketones (excluding diaryl/α,β-unsaturated/α-hetero) is 1. The maximum atomic E-state index is 11.4. The second-order valence-corrected chi connectivity index (χ2v) is 5.22. The summed E-state index contributed by atoms with van der Waals surface area (Å²) in [5.74, 6) is 0.0463. The summed E-state index contributed by atoms with van der Waals surface area (Å²) < 4.78 is 0. The van der Waals surface area contributed by atoms with E-state index in [0.717, 1.165) is 22.3 Å². The van der Waals surface area contributed by atoms with Crippen LogP contribution in [0, 0.1) is 0 Å². The van der Waals surface area contributed by atoms with Crippen LogP contribution in [-0.4, -0.2) is 10.8 Å². The molecule has 0 saturated heterocycles. The minimum Gasteiger partial charge on any atom is -0.355 e. The Labute approximate surface area is 127 Å². The summed E-state index contributed by atoms with van der Waals surface area (Å²) in [6.07, 6.45) is 1.73. The molecule has 0 aliphatic rings. The van der Waals surface area contributed by atoms with Gasteiger partial charge < -0.3 is 5.32 Å². The van der Waals surface area contributed by atoms with Crippen molar-refractivity contribution in [1.29, 1.82) is 0 Å². The number of carbonyl (C=O) groups is 1. The number of ketones is 1. The molecular formula is C17H13ClN2O.